The molecule has 0 saturated heterocycles. The summed E-state index contributed by atoms with van der Waals surface area (Å²) in [6, 6.07) is 0. The molecule has 0 aromatic carbocycles. The highest BCUT2D eigenvalue weighted by Crippen LogP contribution is 2.25. The lowest BCUT2D eigenvalue weighted by molar-refractivity contribution is 0.312. The van der Waals surface area contributed by atoms with E-state index < -0.39 is 0 Å². The summed E-state index contributed by atoms with van der Waals surface area (Å²) >= 11 is 5.10. The van der Waals surface area contributed by atoms with E-state index in [9.17, 15) is 0 Å². The van der Waals surface area contributed by atoms with Crippen molar-refractivity contribution in [3.8, 4) is 0 Å². The Hall–Kier alpha value is 0.350. The summed E-state index contributed by atoms with van der Waals surface area (Å²) in [6.45, 7) is 11.7. The molecule has 0 bridgehead atoms. The second-order valence-electron chi connectivity index (χ2n) is 5.70. The van der Waals surface area contributed by atoms with Crippen molar-refractivity contribution in [2.75, 3.05) is 5.75 Å². The lowest BCUT2D eigenvalue weighted by Gasteiger charge is -2.21. The molecule has 0 aliphatic carbocycles. The van der Waals surface area contributed by atoms with Gasteiger partial charge in [0.25, 0.3) is 0 Å². The zero-order valence-corrected chi connectivity index (χ0v) is 12.1. The van der Waals surface area contributed by atoms with Gasteiger partial charge in [0, 0.05) is 5.75 Å². The van der Waals surface area contributed by atoms with Crippen LogP contribution in [0.25, 0.3) is 0 Å². The largest absolute Gasteiger partial charge is 0.0939 e. The molecule has 0 aromatic rings. The molecule has 91 valence electrons. The zero-order valence-electron chi connectivity index (χ0n) is 11.3. The molecule has 15 heavy (non-hydrogen) atoms. The van der Waals surface area contributed by atoms with Crippen molar-refractivity contribution in [3.63, 3.8) is 0 Å². The van der Waals surface area contributed by atoms with Crippen LogP contribution >= 0.6 is 12.6 Å². The van der Waals surface area contributed by atoms with Crippen molar-refractivity contribution in [3.05, 3.63) is 0 Å². The zero-order chi connectivity index (χ0) is 11.8. The quantitative estimate of drug-likeness (QED) is 0.529. The van der Waals surface area contributed by atoms with E-state index in [1.807, 2.05) is 0 Å². The third-order valence-electron chi connectivity index (χ3n) is 3.40. The first kappa shape index (κ1) is 15.3. The molecule has 0 fully saturated rings. The van der Waals surface area contributed by atoms with E-state index in [0.29, 0.717) is 0 Å². The predicted molar refractivity (Wildman–Crippen MR) is 73.3 cm³/mol. The molecule has 0 heterocycles. The molecule has 4 unspecified atom stereocenters. The van der Waals surface area contributed by atoms with Crippen LogP contribution in [0.5, 0.6) is 0 Å². The average Bonchev–Trinajstić information content (AvgIpc) is 2.16. The fourth-order valence-corrected chi connectivity index (χ4v) is 2.62. The highest BCUT2D eigenvalue weighted by atomic mass is 32.1. The van der Waals surface area contributed by atoms with E-state index in [0.717, 1.165) is 29.4 Å². The highest BCUT2D eigenvalue weighted by Gasteiger charge is 2.13. The van der Waals surface area contributed by atoms with Crippen LogP contribution < -0.4 is 0 Å². The summed E-state index contributed by atoms with van der Waals surface area (Å²) in [6.07, 6.45) is 5.41. The Morgan fingerprint density at radius 3 is 1.53 bits per heavy atom. The summed E-state index contributed by atoms with van der Waals surface area (Å²) < 4.78 is 0. The third kappa shape index (κ3) is 8.19. The van der Waals surface area contributed by atoms with Gasteiger partial charge in [-0.05, 0) is 42.9 Å². The Labute approximate surface area is 103 Å². The third-order valence-corrected chi connectivity index (χ3v) is 3.96. The average molecular weight is 229 g/mol. The van der Waals surface area contributed by atoms with Gasteiger partial charge in [0.1, 0.15) is 0 Å². The summed E-state index contributed by atoms with van der Waals surface area (Å²) in [5.41, 5.74) is 0. The highest BCUT2D eigenvalue weighted by molar-refractivity contribution is 7.80. The second-order valence-corrected chi connectivity index (χ2v) is 6.04. The molecule has 0 saturated carbocycles. The van der Waals surface area contributed by atoms with Crippen LogP contribution in [0.1, 0.15) is 60.3 Å². The van der Waals surface area contributed by atoms with E-state index >= 15 is 0 Å². The maximum atomic E-state index is 5.10. The Kier molecular flexibility index (Phi) is 8.69. The van der Waals surface area contributed by atoms with Crippen LogP contribution in [0.15, 0.2) is 0 Å². The molecule has 0 N–H and O–H groups in total. The molecule has 0 aliphatic heterocycles. The summed E-state index contributed by atoms with van der Waals surface area (Å²) in [5.74, 6) is 4.27. The van der Waals surface area contributed by atoms with Crippen molar-refractivity contribution in [2.24, 2.45) is 23.7 Å². The van der Waals surface area contributed by atoms with Gasteiger partial charge in [0.05, 0.1) is 0 Å². The Bertz CT molecular complexity index is 128. The molecule has 0 aliphatic rings. The second kappa shape index (κ2) is 8.50. The van der Waals surface area contributed by atoms with E-state index in [2.05, 4.69) is 34.6 Å². The maximum Gasteiger partial charge on any atom is 0.00627 e. The first-order chi connectivity index (χ1) is 6.99. The van der Waals surface area contributed by atoms with Crippen LogP contribution in [-0.4, -0.2) is 5.75 Å². The van der Waals surface area contributed by atoms with Gasteiger partial charge in [0.2, 0.25) is 0 Å². The van der Waals surface area contributed by atoms with Gasteiger partial charge in [-0.2, -0.15) is 0 Å². The van der Waals surface area contributed by atoms with E-state index in [1.54, 1.807) is 0 Å². The minimum absolute atomic E-state index is 0.728. The lowest BCUT2D eigenvalue weighted by atomic mass is 9.85. The Morgan fingerprint density at radius 1 is 0.733 bits per heavy atom. The minimum Gasteiger partial charge on any atom is -0.0939 e. The van der Waals surface area contributed by atoms with Gasteiger partial charge in [0.15, 0.2) is 0 Å². The first-order valence-electron chi connectivity index (χ1n) is 6.57. The number of rotatable bonds is 8. The van der Waals surface area contributed by atoms with Crippen LogP contribution in [-0.2, 0) is 0 Å². The van der Waals surface area contributed by atoms with Gasteiger partial charge in [-0.15, -0.1) is 0 Å². The van der Waals surface area contributed by atoms with Gasteiger partial charge >= 0.3 is 0 Å². The van der Waals surface area contributed by atoms with Gasteiger partial charge < -0.3 is 0 Å². The normalized spacial score (nSPS) is 19.6. The van der Waals surface area contributed by atoms with Crippen molar-refractivity contribution in [1.29, 1.82) is 0 Å². The van der Waals surface area contributed by atoms with E-state index in [-0.39, 0.29) is 0 Å². The standard InChI is InChI=1S/C14H29S/c1-6-11(2)7-12(3)8-13(4)9-14(5)10-15/h11-14H,6-10H2,1-5H3. The smallest absolute Gasteiger partial charge is 0.00627 e. The molecule has 1 radical (unpaired) electrons. The monoisotopic (exact) mass is 229 g/mol. The molecule has 0 nitrogen and oxygen atoms in total. The molecule has 0 rings (SSSR count). The van der Waals surface area contributed by atoms with Gasteiger partial charge in [-0.1, -0.05) is 53.7 Å². The van der Waals surface area contributed by atoms with Crippen LogP contribution in [0.4, 0.5) is 0 Å². The summed E-state index contributed by atoms with van der Waals surface area (Å²) in [7, 11) is 0. The van der Waals surface area contributed by atoms with E-state index in [1.165, 1.54) is 25.7 Å². The van der Waals surface area contributed by atoms with E-state index in [4.69, 9.17) is 12.6 Å². The van der Waals surface area contributed by atoms with Crippen molar-refractivity contribution >= 4 is 12.6 Å². The fourth-order valence-electron chi connectivity index (χ4n) is 2.49. The SMILES string of the molecule is CCC(C)CC(C)CC(C)CC(C)C[S]. The first-order valence-corrected chi connectivity index (χ1v) is 7.15. The lowest BCUT2D eigenvalue weighted by Crippen LogP contribution is -2.10. The molecule has 0 spiro atoms. The molecule has 0 aromatic heterocycles. The molecular formula is C14H29S. The topological polar surface area (TPSA) is 0 Å². The number of hydrogen-bond acceptors (Lipinski definition) is 0. The molecule has 1 heteroatoms. The Balaban J connectivity index is 3.70. The van der Waals surface area contributed by atoms with Crippen molar-refractivity contribution < 1.29 is 0 Å². The summed E-state index contributed by atoms with van der Waals surface area (Å²) in [4.78, 5) is 0. The van der Waals surface area contributed by atoms with Crippen LogP contribution in [0.2, 0.25) is 0 Å². The maximum absolute atomic E-state index is 5.10. The molecular weight excluding hydrogens is 200 g/mol. The van der Waals surface area contributed by atoms with Crippen LogP contribution in [0.3, 0.4) is 0 Å². The van der Waals surface area contributed by atoms with Crippen molar-refractivity contribution in [2.45, 2.75) is 60.3 Å². The number of hydrogen-bond donors (Lipinski definition) is 0. The van der Waals surface area contributed by atoms with Crippen molar-refractivity contribution in [1.82, 2.24) is 0 Å². The molecule has 4 atom stereocenters. The minimum atomic E-state index is 0.728. The van der Waals surface area contributed by atoms with Gasteiger partial charge in [-0.3, -0.25) is 0 Å². The fraction of sp³-hybridized carbons (Fsp3) is 1.00. The summed E-state index contributed by atoms with van der Waals surface area (Å²) in [5, 5.41) is 0. The van der Waals surface area contributed by atoms with Gasteiger partial charge in [-0.25, -0.2) is 0 Å². The Morgan fingerprint density at radius 2 is 1.13 bits per heavy atom. The van der Waals surface area contributed by atoms with Crippen LogP contribution in [0, 0.1) is 23.7 Å². The predicted octanol–water partition coefficient (Wildman–Crippen LogP) is 5.31. The molecule has 0 amide bonds.